The summed E-state index contributed by atoms with van der Waals surface area (Å²) in [4.78, 5) is 23.8. The Kier molecular flexibility index (Phi) is 6.79. The highest BCUT2D eigenvalue weighted by Gasteiger charge is 2.28. The molecule has 0 bridgehead atoms. The topological polar surface area (TPSA) is 96.1 Å². The Morgan fingerprint density at radius 3 is 2.69 bits per heavy atom. The van der Waals surface area contributed by atoms with E-state index in [-0.39, 0.29) is 23.9 Å². The maximum Gasteiger partial charge on any atom is 0.407 e. The molecule has 0 radical (unpaired) electrons. The number of ether oxygens (including phenoxy) is 1. The van der Waals surface area contributed by atoms with Gasteiger partial charge in [0.05, 0.1) is 13.0 Å². The average Bonchev–Trinajstić information content (AvgIpc) is 3.28. The van der Waals surface area contributed by atoms with E-state index in [1.807, 2.05) is 6.92 Å². The number of anilines is 1. The number of nitrogens with one attached hydrogen (secondary N) is 3. The second kappa shape index (κ2) is 9.49. The van der Waals surface area contributed by atoms with Crippen LogP contribution >= 0.6 is 0 Å². The number of aromatic amines is 1. The Bertz CT molecular complexity index is 851. The molecule has 2 atom stereocenters. The van der Waals surface area contributed by atoms with Gasteiger partial charge < -0.3 is 15.4 Å². The van der Waals surface area contributed by atoms with Gasteiger partial charge in [0, 0.05) is 29.8 Å². The smallest absolute Gasteiger partial charge is 0.407 e. The Morgan fingerprint density at radius 2 is 1.97 bits per heavy atom. The van der Waals surface area contributed by atoms with E-state index >= 15 is 0 Å². The lowest BCUT2D eigenvalue weighted by atomic mass is 10.0. The summed E-state index contributed by atoms with van der Waals surface area (Å²) in [7, 11) is 0. The molecule has 1 aliphatic carbocycles. The van der Waals surface area contributed by atoms with Gasteiger partial charge in [0.1, 0.15) is 11.6 Å². The largest absolute Gasteiger partial charge is 0.450 e. The number of halogens is 2. The zero-order chi connectivity index (χ0) is 20.8. The van der Waals surface area contributed by atoms with Gasteiger partial charge in [-0.25, -0.2) is 13.6 Å². The number of aromatic nitrogens is 2. The number of carbonyl (C=O) groups is 2. The standard InChI is InChI=1S/C20H24F2N4O3/c1-2-5-29-20(28)23-16-4-3-13(9-16)17-11-18(26-25-17)24-19(27)8-12-6-14(21)10-15(22)7-12/h6-7,10-11,13,16H,2-5,8-9H2,1H3,(H,23,28)(H2,24,25,26,27)/t13-,16+/m0/s1. The molecule has 0 saturated heterocycles. The van der Waals surface area contributed by atoms with Crippen molar-refractivity contribution in [2.24, 2.45) is 0 Å². The molecule has 1 saturated carbocycles. The van der Waals surface area contributed by atoms with Crippen LogP contribution in [0.2, 0.25) is 0 Å². The van der Waals surface area contributed by atoms with Crippen LogP contribution in [0.25, 0.3) is 0 Å². The van der Waals surface area contributed by atoms with Crippen LogP contribution in [0.5, 0.6) is 0 Å². The highest BCUT2D eigenvalue weighted by Crippen LogP contribution is 2.34. The van der Waals surface area contributed by atoms with Crippen molar-refractivity contribution in [3.8, 4) is 0 Å². The van der Waals surface area contributed by atoms with E-state index in [1.165, 1.54) is 0 Å². The fourth-order valence-corrected chi connectivity index (χ4v) is 3.49. The van der Waals surface area contributed by atoms with Crippen LogP contribution in [0.15, 0.2) is 24.3 Å². The van der Waals surface area contributed by atoms with Gasteiger partial charge in [-0.2, -0.15) is 5.10 Å². The van der Waals surface area contributed by atoms with Gasteiger partial charge in [-0.15, -0.1) is 0 Å². The molecule has 1 aliphatic rings. The number of carbonyl (C=O) groups excluding carboxylic acids is 2. The SMILES string of the molecule is CCCOC(=O)N[C@@H]1CC[C@H](c2cc(NC(=O)Cc3cc(F)cc(F)c3)n[nH]2)C1. The van der Waals surface area contributed by atoms with Crippen LogP contribution in [0.3, 0.4) is 0 Å². The molecule has 1 aromatic carbocycles. The van der Waals surface area contributed by atoms with E-state index in [0.29, 0.717) is 12.4 Å². The average molecular weight is 406 g/mol. The number of hydrogen-bond acceptors (Lipinski definition) is 4. The minimum Gasteiger partial charge on any atom is -0.450 e. The van der Waals surface area contributed by atoms with Crippen molar-refractivity contribution in [2.45, 2.75) is 51.0 Å². The lowest BCUT2D eigenvalue weighted by molar-refractivity contribution is -0.115. The molecule has 2 aromatic rings. The van der Waals surface area contributed by atoms with E-state index in [1.54, 1.807) is 6.07 Å². The molecule has 0 aliphatic heterocycles. The zero-order valence-corrected chi connectivity index (χ0v) is 16.1. The molecule has 156 valence electrons. The summed E-state index contributed by atoms with van der Waals surface area (Å²) in [5.74, 6) is -1.34. The van der Waals surface area contributed by atoms with Gasteiger partial charge in [-0.1, -0.05) is 6.92 Å². The molecule has 1 fully saturated rings. The molecule has 1 heterocycles. The van der Waals surface area contributed by atoms with Crippen LogP contribution in [0.1, 0.15) is 49.8 Å². The highest BCUT2D eigenvalue weighted by atomic mass is 19.1. The van der Waals surface area contributed by atoms with E-state index in [4.69, 9.17) is 4.74 Å². The molecular formula is C20H24F2N4O3. The van der Waals surface area contributed by atoms with E-state index in [2.05, 4.69) is 20.8 Å². The van der Waals surface area contributed by atoms with Crippen LogP contribution in [0, 0.1) is 11.6 Å². The van der Waals surface area contributed by atoms with Crippen LogP contribution < -0.4 is 10.6 Å². The van der Waals surface area contributed by atoms with Gasteiger partial charge in [0.2, 0.25) is 5.91 Å². The molecule has 3 N–H and O–H groups in total. The normalized spacial score (nSPS) is 18.4. The molecule has 7 nitrogen and oxygen atoms in total. The second-order valence-corrected chi connectivity index (χ2v) is 7.20. The molecule has 1 aromatic heterocycles. The molecule has 3 rings (SSSR count). The summed E-state index contributed by atoms with van der Waals surface area (Å²) in [6.07, 6.45) is 2.67. The Hall–Kier alpha value is -2.97. The summed E-state index contributed by atoms with van der Waals surface area (Å²) in [5.41, 5.74) is 1.11. The first-order valence-corrected chi connectivity index (χ1v) is 9.66. The minimum absolute atomic E-state index is 0.0357. The Morgan fingerprint density at radius 1 is 1.21 bits per heavy atom. The second-order valence-electron chi connectivity index (χ2n) is 7.20. The number of H-pyrrole nitrogens is 1. The van der Waals surface area contributed by atoms with Gasteiger partial charge >= 0.3 is 6.09 Å². The number of benzene rings is 1. The summed E-state index contributed by atoms with van der Waals surface area (Å²) < 4.78 is 31.5. The molecule has 0 unspecified atom stereocenters. The summed E-state index contributed by atoms with van der Waals surface area (Å²) in [5, 5.41) is 12.5. The maximum atomic E-state index is 13.2. The van der Waals surface area contributed by atoms with Crippen molar-refractivity contribution in [3.05, 3.63) is 47.2 Å². The van der Waals surface area contributed by atoms with Gasteiger partial charge in [0.15, 0.2) is 5.82 Å². The van der Waals surface area contributed by atoms with Crippen molar-refractivity contribution in [3.63, 3.8) is 0 Å². The first-order chi connectivity index (χ1) is 13.9. The predicted octanol–water partition coefficient (Wildman–Crippen LogP) is 3.64. The number of rotatable bonds is 7. The number of nitrogens with zero attached hydrogens (tertiary/aromatic N) is 1. The third kappa shape index (κ3) is 6.00. The number of hydrogen-bond donors (Lipinski definition) is 3. The van der Waals surface area contributed by atoms with Crippen LogP contribution in [0.4, 0.5) is 19.4 Å². The van der Waals surface area contributed by atoms with Crippen LogP contribution in [-0.4, -0.2) is 34.8 Å². The minimum atomic E-state index is -0.724. The first kappa shape index (κ1) is 20.8. The molecule has 29 heavy (non-hydrogen) atoms. The lowest BCUT2D eigenvalue weighted by Gasteiger charge is -2.12. The maximum absolute atomic E-state index is 13.2. The molecule has 2 amide bonds. The quantitative estimate of drug-likeness (QED) is 0.654. The van der Waals surface area contributed by atoms with Gasteiger partial charge in [-0.05, 0) is 43.4 Å². The summed E-state index contributed by atoms with van der Waals surface area (Å²) in [6.45, 7) is 2.33. The predicted molar refractivity (Wildman–Crippen MR) is 102 cm³/mol. The summed E-state index contributed by atoms with van der Waals surface area (Å²) >= 11 is 0. The van der Waals surface area contributed by atoms with E-state index < -0.39 is 23.6 Å². The molecule has 9 heteroatoms. The fourth-order valence-electron chi connectivity index (χ4n) is 3.49. The Balaban J connectivity index is 1.50. The first-order valence-electron chi connectivity index (χ1n) is 9.66. The van der Waals surface area contributed by atoms with Gasteiger partial charge in [0.25, 0.3) is 0 Å². The monoisotopic (exact) mass is 406 g/mol. The number of amides is 2. The number of alkyl carbamates (subject to hydrolysis) is 1. The van der Waals surface area contributed by atoms with E-state index in [9.17, 15) is 18.4 Å². The third-order valence-electron chi connectivity index (χ3n) is 4.78. The van der Waals surface area contributed by atoms with Crippen molar-refractivity contribution in [1.29, 1.82) is 0 Å². The molecule has 0 spiro atoms. The van der Waals surface area contributed by atoms with Crippen molar-refractivity contribution in [1.82, 2.24) is 15.5 Å². The fraction of sp³-hybridized carbons (Fsp3) is 0.450. The lowest BCUT2D eigenvalue weighted by Crippen LogP contribution is -2.33. The Labute approximate surface area is 167 Å². The van der Waals surface area contributed by atoms with Crippen molar-refractivity contribution in [2.75, 3.05) is 11.9 Å². The zero-order valence-electron chi connectivity index (χ0n) is 16.1. The van der Waals surface area contributed by atoms with Crippen molar-refractivity contribution < 1.29 is 23.1 Å². The van der Waals surface area contributed by atoms with Gasteiger partial charge in [-0.3, -0.25) is 9.89 Å². The third-order valence-corrected chi connectivity index (χ3v) is 4.78. The van der Waals surface area contributed by atoms with E-state index in [0.717, 1.165) is 49.6 Å². The highest BCUT2D eigenvalue weighted by molar-refractivity contribution is 5.91. The summed E-state index contributed by atoms with van der Waals surface area (Å²) in [6, 6.07) is 4.78. The van der Waals surface area contributed by atoms with Crippen LogP contribution in [-0.2, 0) is 16.0 Å². The van der Waals surface area contributed by atoms with Crippen molar-refractivity contribution >= 4 is 17.8 Å². The molecular weight excluding hydrogens is 382 g/mol.